The Bertz CT molecular complexity index is 360. The molecule has 1 fully saturated rings. The van der Waals surface area contributed by atoms with Crippen LogP contribution in [0, 0.1) is 5.92 Å². The molecule has 1 saturated carbocycles. The van der Waals surface area contributed by atoms with Crippen molar-refractivity contribution in [1.29, 1.82) is 0 Å². The van der Waals surface area contributed by atoms with Gasteiger partial charge in [0.05, 0.1) is 5.92 Å². The molecule has 1 aromatic rings. The number of carbonyl (C=O) groups excluding carboxylic acids is 1. The molecule has 1 N–H and O–H groups in total. The van der Waals surface area contributed by atoms with Gasteiger partial charge >= 0.3 is 5.97 Å². The maximum absolute atomic E-state index is 11.7. The van der Waals surface area contributed by atoms with Crippen molar-refractivity contribution < 1.29 is 9.53 Å². The second kappa shape index (κ2) is 5.82. The quantitative estimate of drug-likeness (QED) is 0.765. The zero-order valence-electron chi connectivity index (χ0n) is 10.2. The summed E-state index contributed by atoms with van der Waals surface area (Å²) in [4.78, 5) is 11.7. The van der Waals surface area contributed by atoms with Gasteiger partial charge in [-0.3, -0.25) is 4.79 Å². The minimum atomic E-state index is -0.123. The van der Waals surface area contributed by atoms with Crippen molar-refractivity contribution in [3.05, 3.63) is 35.9 Å². The molecular weight excluding hydrogens is 214 g/mol. The van der Waals surface area contributed by atoms with Gasteiger partial charge in [-0.1, -0.05) is 37.3 Å². The fraction of sp³-hybridized carbons (Fsp3) is 0.500. The first kappa shape index (κ1) is 12.1. The summed E-state index contributed by atoms with van der Waals surface area (Å²) >= 11 is 0. The van der Waals surface area contributed by atoms with E-state index in [9.17, 15) is 4.79 Å². The lowest BCUT2D eigenvalue weighted by Gasteiger charge is -2.12. The minimum Gasteiger partial charge on any atom is -0.461 e. The summed E-state index contributed by atoms with van der Waals surface area (Å²) in [5.41, 5.74) is 1.03. The summed E-state index contributed by atoms with van der Waals surface area (Å²) in [5.74, 6) is -0.193. The van der Waals surface area contributed by atoms with Crippen LogP contribution in [0.4, 0.5) is 0 Å². The van der Waals surface area contributed by atoms with Crippen LogP contribution in [0.5, 0.6) is 0 Å². The molecule has 0 aliphatic heterocycles. The Labute approximate surface area is 102 Å². The Morgan fingerprint density at radius 2 is 2.12 bits per heavy atom. The first-order valence-electron chi connectivity index (χ1n) is 6.19. The molecule has 0 spiro atoms. The van der Waals surface area contributed by atoms with E-state index in [0.29, 0.717) is 12.6 Å². The molecule has 3 heteroatoms. The van der Waals surface area contributed by atoms with Gasteiger partial charge in [-0.25, -0.2) is 0 Å². The van der Waals surface area contributed by atoms with E-state index < -0.39 is 0 Å². The van der Waals surface area contributed by atoms with E-state index in [4.69, 9.17) is 4.74 Å². The molecule has 0 heterocycles. The molecule has 17 heavy (non-hydrogen) atoms. The molecule has 0 bridgehead atoms. The third kappa shape index (κ3) is 4.19. The van der Waals surface area contributed by atoms with Crippen LogP contribution in [-0.4, -0.2) is 18.6 Å². The van der Waals surface area contributed by atoms with Crippen LogP contribution < -0.4 is 5.32 Å². The minimum absolute atomic E-state index is 0.0701. The van der Waals surface area contributed by atoms with Crippen molar-refractivity contribution in [2.24, 2.45) is 5.92 Å². The largest absolute Gasteiger partial charge is 0.461 e. The van der Waals surface area contributed by atoms with Crippen LogP contribution in [0.1, 0.15) is 25.3 Å². The Morgan fingerprint density at radius 3 is 2.76 bits per heavy atom. The van der Waals surface area contributed by atoms with Crippen LogP contribution in [0.25, 0.3) is 0 Å². The third-order valence-corrected chi connectivity index (χ3v) is 2.92. The van der Waals surface area contributed by atoms with Gasteiger partial charge < -0.3 is 10.1 Å². The van der Waals surface area contributed by atoms with E-state index in [-0.39, 0.29) is 11.9 Å². The molecule has 1 aliphatic carbocycles. The van der Waals surface area contributed by atoms with Gasteiger partial charge in [-0.15, -0.1) is 0 Å². The number of benzene rings is 1. The van der Waals surface area contributed by atoms with Crippen LogP contribution in [0.3, 0.4) is 0 Å². The number of ether oxygens (including phenoxy) is 1. The fourth-order valence-corrected chi connectivity index (χ4v) is 1.59. The molecule has 3 nitrogen and oxygen atoms in total. The molecule has 0 saturated heterocycles. The molecule has 0 aromatic heterocycles. The lowest BCUT2D eigenvalue weighted by molar-refractivity contribution is -0.149. The van der Waals surface area contributed by atoms with Gasteiger partial charge in [0.25, 0.3) is 0 Å². The van der Waals surface area contributed by atoms with Crippen LogP contribution in [0.2, 0.25) is 0 Å². The summed E-state index contributed by atoms with van der Waals surface area (Å²) in [5, 5.41) is 3.33. The van der Waals surface area contributed by atoms with Gasteiger partial charge in [0.1, 0.15) is 6.61 Å². The molecule has 1 unspecified atom stereocenters. The summed E-state index contributed by atoms with van der Waals surface area (Å²) in [6.45, 7) is 2.99. The molecule has 0 radical (unpaired) electrons. The monoisotopic (exact) mass is 233 g/mol. The van der Waals surface area contributed by atoms with Crippen LogP contribution in [-0.2, 0) is 16.1 Å². The second-order valence-electron chi connectivity index (χ2n) is 4.68. The van der Waals surface area contributed by atoms with Crippen molar-refractivity contribution in [3.8, 4) is 0 Å². The first-order chi connectivity index (χ1) is 8.25. The average molecular weight is 233 g/mol. The maximum Gasteiger partial charge on any atom is 0.310 e. The van der Waals surface area contributed by atoms with Crippen molar-refractivity contribution in [3.63, 3.8) is 0 Å². The maximum atomic E-state index is 11.7. The molecule has 1 aromatic carbocycles. The average Bonchev–Trinajstić information content (AvgIpc) is 3.18. The highest BCUT2D eigenvalue weighted by Crippen LogP contribution is 2.18. The van der Waals surface area contributed by atoms with E-state index in [1.807, 2.05) is 37.3 Å². The van der Waals surface area contributed by atoms with Gasteiger partial charge in [0.2, 0.25) is 0 Å². The predicted octanol–water partition coefficient (Wildman–Crippen LogP) is 2.12. The van der Waals surface area contributed by atoms with Crippen molar-refractivity contribution in [2.45, 2.75) is 32.4 Å². The Hall–Kier alpha value is -1.35. The summed E-state index contributed by atoms with van der Waals surface area (Å²) in [7, 11) is 0. The number of hydrogen-bond donors (Lipinski definition) is 1. The normalized spacial score (nSPS) is 16.5. The van der Waals surface area contributed by atoms with Gasteiger partial charge in [0, 0.05) is 12.6 Å². The second-order valence-corrected chi connectivity index (χ2v) is 4.68. The molecule has 92 valence electrons. The number of esters is 1. The number of rotatable bonds is 6. The van der Waals surface area contributed by atoms with Gasteiger partial charge in [0.15, 0.2) is 0 Å². The van der Waals surface area contributed by atoms with E-state index in [2.05, 4.69) is 5.32 Å². The highest BCUT2D eigenvalue weighted by atomic mass is 16.5. The smallest absolute Gasteiger partial charge is 0.310 e. The van der Waals surface area contributed by atoms with E-state index in [1.54, 1.807) is 0 Å². The molecule has 2 rings (SSSR count). The Kier molecular flexibility index (Phi) is 4.15. The Morgan fingerprint density at radius 1 is 1.41 bits per heavy atom. The van der Waals surface area contributed by atoms with E-state index >= 15 is 0 Å². The Balaban J connectivity index is 1.68. The zero-order valence-corrected chi connectivity index (χ0v) is 10.2. The van der Waals surface area contributed by atoms with Crippen LogP contribution in [0.15, 0.2) is 30.3 Å². The highest BCUT2D eigenvalue weighted by Gasteiger charge is 2.23. The van der Waals surface area contributed by atoms with Gasteiger partial charge in [-0.05, 0) is 18.4 Å². The fourth-order valence-electron chi connectivity index (χ4n) is 1.59. The van der Waals surface area contributed by atoms with E-state index in [1.165, 1.54) is 12.8 Å². The van der Waals surface area contributed by atoms with E-state index in [0.717, 1.165) is 12.1 Å². The molecular formula is C14H19NO2. The molecule has 1 atom stereocenters. The lowest BCUT2D eigenvalue weighted by Crippen LogP contribution is -2.29. The highest BCUT2D eigenvalue weighted by molar-refractivity contribution is 5.72. The molecule has 1 aliphatic rings. The lowest BCUT2D eigenvalue weighted by atomic mass is 10.2. The standard InChI is InChI=1S/C14H19NO2/c1-11(9-15-13-7-8-13)14(16)17-10-12-5-3-2-4-6-12/h2-6,11,13,15H,7-10H2,1H3. The van der Waals surface area contributed by atoms with Gasteiger partial charge in [-0.2, -0.15) is 0 Å². The summed E-state index contributed by atoms with van der Waals surface area (Å²) in [6.07, 6.45) is 2.48. The van der Waals surface area contributed by atoms with Crippen molar-refractivity contribution in [2.75, 3.05) is 6.54 Å². The number of carbonyl (C=O) groups is 1. The number of nitrogens with one attached hydrogen (secondary N) is 1. The number of hydrogen-bond acceptors (Lipinski definition) is 3. The first-order valence-corrected chi connectivity index (χ1v) is 6.19. The topological polar surface area (TPSA) is 38.3 Å². The third-order valence-electron chi connectivity index (χ3n) is 2.92. The van der Waals surface area contributed by atoms with Crippen molar-refractivity contribution >= 4 is 5.97 Å². The predicted molar refractivity (Wildman–Crippen MR) is 66.4 cm³/mol. The summed E-state index contributed by atoms with van der Waals surface area (Å²) < 4.78 is 5.26. The van der Waals surface area contributed by atoms with Crippen LogP contribution >= 0.6 is 0 Å². The molecule has 0 amide bonds. The zero-order chi connectivity index (χ0) is 12.1. The van der Waals surface area contributed by atoms with Crippen molar-refractivity contribution in [1.82, 2.24) is 5.32 Å². The SMILES string of the molecule is CC(CNC1CC1)C(=O)OCc1ccccc1. The summed E-state index contributed by atoms with van der Waals surface area (Å²) in [6, 6.07) is 10.4.